The SMILES string of the molecule is OCCCNCc1nc2c(OCC3CCCCC3)cccc2[nH]1. The first-order chi connectivity index (χ1) is 11.4. The van der Waals surface area contributed by atoms with Crippen LogP contribution in [0.4, 0.5) is 0 Å². The molecule has 0 atom stereocenters. The molecular formula is C18H27N3O2. The van der Waals surface area contributed by atoms with Crippen LogP contribution in [0, 0.1) is 5.92 Å². The molecular weight excluding hydrogens is 290 g/mol. The number of fused-ring (bicyclic) bond motifs is 1. The Labute approximate surface area is 137 Å². The Hall–Kier alpha value is -1.59. The number of nitrogens with zero attached hydrogens (tertiary/aromatic N) is 1. The molecule has 0 bridgehead atoms. The monoisotopic (exact) mass is 317 g/mol. The second-order valence-corrected chi connectivity index (χ2v) is 6.40. The number of H-pyrrole nitrogens is 1. The van der Waals surface area contributed by atoms with E-state index in [0.29, 0.717) is 12.5 Å². The van der Waals surface area contributed by atoms with Gasteiger partial charge in [0.15, 0.2) is 0 Å². The van der Waals surface area contributed by atoms with E-state index in [1.165, 1.54) is 32.1 Å². The van der Waals surface area contributed by atoms with E-state index in [0.717, 1.165) is 42.2 Å². The molecule has 3 rings (SSSR count). The highest BCUT2D eigenvalue weighted by Gasteiger charge is 2.15. The molecule has 0 unspecified atom stereocenters. The molecule has 1 aromatic carbocycles. The zero-order valence-corrected chi connectivity index (χ0v) is 13.7. The van der Waals surface area contributed by atoms with Crippen LogP contribution in [-0.4, -0.2) is 34.8 Å². The molecule has 1 saturated carbocycles. The zero-order chi connectivity index (χ0) is 15.9. The summed E-state index contributed by atoms with van der Waals surface area (Å²) in [5.41, 5.74) is 1.94. The first-order valence-corrected chi connectivity index (χ1v) is 8.79. The molecule has 0 radical (unpaired) electrons. The predicted molar refractivity (Wildman–Crippen MR) is 91.6 cm³/mol. The van der Waals surface area contributed by atoms with Crippen LogP contribution in [0.5, 0.6) is 5.75 Å². The van der Waals surface area contributed by atoms with Crippen molar-refractivity contribution in [2.75, 3.05) is 19.8 Å². The Balaban J connectivity index is 1.62. The van der Waals surface area contributed by atoms with Gasteiger partial charge in [0.1, 0.15) is 17.1 Å². The van der Waals surface area contributed by atoms with Gasteiger partial charge in [-0.25, -0.2) is 4.98 Å². The number of para-hydroxylation sites is 1. The average Bonchev–Trinajstić information content (AvgIpc) is 3.01. The van der Waals surface area contributed by atoms with Gasteiger partial charge in [-0.05, 0) is 43.9 Å². The first kappa shape index (κ1) is 16.3. The second-order valence-electron chi connectivity index (χ2n) is 6.40. The van der Waals surface area contributed by atoms with Crippen LogP contribution in [0.15, 0.2) is 18.2 Å². The molecule has 1 aliphatic rings. The zero-order valence-electron chi connectivity index (χ0n) is 13.7. The lowest BCUT2D eigenvalue weighted by atomic mass is 9.90. The maximum Gasteiger partial charge on any atom is 0.147 e. The Morgan fingerprint density at radius 3 is 2.96 bits per heavy atom. The van der Waals surface area contributed by atoms with E-state index in [1.807, 2.05) is 18.2 Å². The predicted octanol–water partition coefficient (Wildman–Crippen LogP) is 2.99. The van der Waals surface area contributed by atoms with Gasteiger partial charge in [0.25, 0.3) is 0 Å². The van der Waals surface area contributed by atoms with Gasteiger partial charge in [-0.1, -0.05) is 25.3 Å². The van der Waals surface area contributed by atoms with Crippen molar-refractivity contribution in [2.45, 2.75) is 45.1 Å². The third kappa shape index (κ3) is 4.45. The maximum absolute atomic E-state index is 8.80. The molecule has 2 aromatic rings. The fraction of sp³-hybridized carbons (Fsp3) is 0.611. The summed E-state index contributed by atoms with van der Waals surface area (Å²) in [5, 5.41) is 12.1. The van der Waals surface area contributed by atoms with E-state index in [-0.39, 0.29) is 6.61 Å². The Kier molecular flexibility index (Phi) is 5.88. The molecule has 0 spiro atoms. The third-order valence-corrected chi connectivity index (χ3v) is 4.53. The Morgan fingerprint density at radius 1 is 1.26 bits per heavy atom. The molecule has 5 nitrogen and oxygen atoms in total. The second kappa shape index (κ2) is 8.31. The van der Waals surface area contributed by atoms with Crippen LogP contribution in [0.1, 0.15) is 44.3 Å². The minimum absolute atomic E-state index is 0.215. The number of aliphatic hydroxyl groups excluding tert-OH is 1. The molecule has 0 aliphatic heterocycles. The largest absolute Gasteiger partial charge is 0.491 e. The summed E-state index contributed by atoms with van der Waals surface area (Å²) >= 11 is 0. The highest BCUT2D eigenvalue weighted by molar-refractivity contribution is 5.81. The highest BCUT2D eigenvalue weighted by Crippen LogP contribution is 2.27. The first-order valence-electron chi connectivity index (χ1n) is 8.79. The standard InChI is InChI=1S/C18H27N3O2/c22-11-5-10-19-12-17-20-15-8-4-9-16(18(15)21-17)23-13-14-6-2-1-3-7-14/h4,8-9,14,19,22H,1-3,5-7,10-13H2,(H,20,21). The van der Waals surface area contributed by atoms with Gasteiger partial charge in [0.05, 0.1) is 18.7 Å². The highest BCUT2D eigenvalue weighted by atomic mass is 16.5. The summed E-state index contributed by atoms with van der Waals surface area (Å²) in [6, 6.07) is 6.06. The van der Waals surface area contributed by atoms with Crippen molar-refractivity contribution in [3.8, 4) is 5.75 Å². The van der Waals surface area contributed by atoms with Crippen molar-refractivity contribution in [2.24, 2.45) is 5.92 Å². The number of aromatic nitrogens is 2. The Morgan fingerprint density at radius 2 is 2.13 bits per heavy atom. The van der Waals surface area contributed by atoms with Crippen molar-refractivity contribution < 1.29 is 9.84 Å². The molecule has 3 N–H and O–H groups in total. The molecule has 1 aliphatic carbocycles. The lowest BCUT2D eigenvalue weighted by molar-refractivity contribution is 0.210. The number of imidazole rings is 1. The number of ether oxygens (including phenoxy) is 1. The number of rotatable bonds is 8. The molecule has 0 saturated heterocycles. The summed E-state index contributed by atoms with van der Waals surface area (Å²) in [6.45, 7) is 2.48. The maximum atomic E-state index is 8.80. The van der Waals surface area contributed by atoms with E-state index >= 15 is 0 Å². The van der Waals surface area contributed by atoms with E-state index in [9.17, 15) is 0 Å². The van der Waals surface area contributed by atoms with Crippen LogP contribution in [0.3, 0.4) is 0 Å². The number of nitrogens with one attached hydrogen (secondary N) is 2. The molecule has 1 aromatic heterocycles. The minimum atomic E-state index is 0.215. The molecule has 23 heavy (non-hydrogen) atoms. The lowest BCUT2D eigenvalue weighted by Gasteiger charge is -2.21. The Bertz CT molecular complexity index is 605. The normalized spacial score (nSPS) is 16.0. The van der Waals surface area contributed by atoms with Crippen molar-refractivity contribution in [3.63, 3.8) is 0 Å². The van der Waals surface area contributed by atoms with Crippen molar-refractivity contribution in [3.05, 3.63) is 24.0 Å². The number of aromatic amines is 1. The number of benzene rings is 1. The van der Waals surface area contributed by atoms with Crippen molar-refractivity contribution in [1.82, 2.24) is 15.3 Å². The fourth-order valence-corrected chi connectivity index (χ4v) is 3.23. The van der Waals surface area contributed by atoms with Gasteiger partial charge >= 0.3 is 0 Å². The summed E-state index contributed by atoms with van der Waals surface area (Å²) < 4.78 is 6.08. The number of hydrogen-bond donors (Lipinski definition) is 3. The van der Waals surface area contributed by atoms with Crippen LogP contribution in [-0.2, 0) is 6.54 Å². The van der Waals surface area contributed by atoms with Crippen LogP contribution < -0.4 is 10.1 Å². The van der Waals surface area contributed by atoms with E-state index in [4.69, 9.17) is 9.84 Å². The van der Waals surface area contributed by atoms with E-state index in [1.54, 1.807) is 0 Å². The smallest absolute Gasteiger partial charge is 0.147 e. The third-order valence-electron chi connectivity index (χ3n) is 4.53. The minimum Gasteiger partial charge on any atom is -0.491 e. The summed E-state index contributed by atoms with van der Waals surface area (Å²) in [4.78, 5) is 8.00. The van der Waals surface area contributed by atoms with Gasteiger partial charge in [0.2, 0.25) is 0 Å². The van der Waals surface area contributed by atoms with Crippen LogP contribution >= 0.6 is 0 Å². The van der Waals surface area contributed by atoms with Crippen molar-refractivity contribution >= 4 is 11.0 Å². The quantitative estimate of drug-likeness (QED) is 0.655. The summed E-state index contributed by atoms with van der Waals surface area (Å²) in [7, 11) is 0. The number of hydrogen-bond acceptors (Lipinski definition) is 4. The molecule has 1 fully saturated rings. The van der Waals surface area contributed by atoms with E-state index < -0.39 is 0 Å². The molecule has 0 amide bonds. The lowest BCUT2D eigenvalue weighted by Crippen LogP contribution is -2.16. The van der Waals surface area contributed by atoms with Gasteiger partial charge in [0, 0.05) is 6.61 Å². The molecule has 1 heterocycles. The topological polar surface area (TPSA) is 70.2 Å². The van der Waals surface area contributed by atoms with Crippen molar-refractivity contribution in [1.29, 1.82) is 0 Å². The van der Waals surface area contributed by atoms with Gasteiger partial charge in [-0.15, -0.1) is 0 Å². The van der Waals surface area contributed by atoms with E-state index in [2.05, 4.69) is 15.3 Å². The summed E-state index contributed by atoms with van der Waals surface area (Å²) in [5.74, 6) is 2.48. The van der Waals surface area contributed by atoms with Gasteiger partial charge in [-0.3, -0.25) is 0 Å². The molecule has 126 valence electrons. The summed E-state index contributed by atoms with van der Waals surface area (Å²) in [6.07, 6.45) is 7.38. The van der Waals surface area contributed by atoms with Gasteiger partial charge < -0.3 is 20.1 Å². The average molecular weight is 317 g/mol. The number of aliphatic hydroxyl groups is 1. The fourth-order valence-electron chi connectivity index (χ4n) is 3.23. The van der Waals surface area contributed by atoms with Crippen LogP contribution in [0.2, 0.25) is 0 Å². The van der Waals surface area contributed by atoms with Gasteiger partial charge in [-0.2, -0.15) is 0 Å². The molecule has 5 heteroatoms. The van der Waals surface area contributed by atoms with Crippen LogP contribution in [0.25, 0.3) is 11.0 Å².